The van der Waals surface area contributed by atoms with Crippen LogP contribution in [-0.4, -0.2) is 24.3 Å². The fourth-order valence-electron chi connectivity index (χ4n) is 1.76. The Bertz CT molecular complexity index is 447. The fraction of sp³-hybridized carbons (Fsp3) is 0.545. The van der Waals surface area contributed by atoms with E-state index in [1.165, 1.54) is 12.4 Å². The van der Waals surface area contributed by atoms with E-state index in [1.807, 2.05) is 6.92 Å². The normalized spacial score (nSPS) is 15.5. The Morgan fingerprint density at radius 1 is 1.41 bits per heavy atom. The predicted molar refractivity (Wildman–Crippen MR) is 65.6 cm³/mol. The molecule has 1 atom stereocenters. The SMILES string of the molecule is CCCCC(O)(CS(N)(=O)=O)c1ccncc1. The van der Waals surface area contributed by atoms with Crippen LogP contribution in [0.5, 0.6) is 0 Å². The molecule has 0 spiro atoms. The van der Waals surface area contributed by atoms with Crippen molar-refractivity contribution in [2.75, 3.05) is 5.75 Å². The Hall–Kier alpha value is -0.980. The fourth-order valence-corrected chi connectivity index (χ4v) is 2.74. The van der Waals surface area contributed by atoms with E-state index in [0.717, 1.165) is 12.8 Å². The molecule has 0 saturated carbocycles. The summed E-state index contributed by atoms with van der Waals surface area (Å²) >= 11 is 0. The van der Waals surface area contributed by atoms with Gasteiger partial charge in [0.05, 0.1) is 5.75 Å². The van der Waals surface area contributed by atoms with Crippen molar-refractivity contribution in [2.24, 2.45) is 5.14 Å². The predicted octanol–water partition coefficient (Wildman–Crippen LogP) is 0.748. The quantitative estimate of drug-likeness (QED) is 0.787. The van der Waals surface area contributed by atoms with Gasteiger partial charge in [-0.3, -0.25) is 4.98 Å². The smallest absolute Gasteiger partial charge is 0.212 e. The zero-order valence-electron chi connectivity index (χ0n) is 9.83. The molecule has 0 aliphatic carbocycles. The average Bonchev–Trinajstić information content (AvgIpc) is 2.25. The number of pyridine rings is 1. The zero-order chi connectivity index (χ0) is 12.9. The number of rotatable bonds is 6. The van der Waals surface area contributed by atoms with Gasteiger partial charge in [-0.15, -0.1) is 0 Å². The van der Waals surface area contributed by atoms with Crippen LogP contribution < -0.4 is 5.14 Å². The van der Waals surface area contributed by atoms with Crippen LogP contribution in [0.3, 0.4) is 0 Å². The van der Waals surface area contributed by atoms with Gasteiger partial charge in [0.25, 0.3) is 0 Å². The van der Waals surface area contributed by atoms with E-state index in [-0.39, 0.29) is 0 Å². The maximum Gasteiger partial charge on any atom is 0.212 e. The Morgan fingerprint density at radius 2 is 2.00 bits per heavy atom. The highest BCUT2D eigenvalue weighted by molar-refractivity contribution is 7.89. The van der Waals surface area contributed by atoms with Gasteiger partial charge in [-0.25, -0.2) is 13.6 Å². The second kappa shape index (κ2) is 5.57. The molecule has 0 fully saturated rings. The lowest BCUT2D eigenvalue weighted by Crippen LogP contribution is -2.37. The van der Waals surface area contributed by atoms with Crippen molar-refractivity contribution in [3.8, 4) is 0 Å². The van der Waals surface area contributed by atoms with Gasteiger partial charge in [0, 0.05) is 12.4 Å². The van der Waals surface area contributed by atoms with Crippen molar-refractivity contribution >= 4 is 10.0 Å². The van der Waals surface area contributed by atoms with Crippen molar-refractivity contribution in [3.05, 3.63) is 30.1 Å². The van der Waals surface area contributed by atoms with Gasteiger partial charge in [0.1, 0.15) is 5.60 Å². The third kappa shape index (κ3) is 4.41. The molecule has 0 aromatic carbocycles. The largest absolute Gasteiger partial charge is 0.384 e. The lowest BCUT2D eigenvalue weighted by atomic mass is 9.91. The highest BCUT2D eigenvalue weighted by Crippen LogP contribution is 2.27. The maximum atomic E-state index is 11.2. The number of nitrogens with zero attached hydrogens (tertiary/aromatic N) is 1. The first-order valence-corrected chi connectivity index (χ1v) is 7.22. The van der Waals surface area contributed by atoms with E-state index in [4.69, 9.17) is 5.14 Å². The van der Waals surface area contributed by atoms with Crippen LogP contribution in [0.25, 0.3) is 0 Å². The molecule has 3 N–H and O–H groups in total. The lowest BCUT2D eigenvalue weighted by Gasteiger charge is -2.27. The molecule has 96 valence electrons. The molecule has 0 bridgehead atoms. The molecule has 0 saturated heterocycles. The summed E-state index contributed by atoms with van der Waals surface area (Å²) in [6.07, 6.45) is 5.01. The van der Waals surface area contributed by atoms with Crippen LogP contribution >= 0.6 is 0 Å². The third-order valence-electron chi connectivity index (χ3n) is 2.60. The molecular weight excluding hydrogens is 240 g/mol. The molecule has 5 nitrogen and oxygen atoms in total. The lowest BCUT2D eigenvalue weighted by molar-refractivity contribution is 0.0487. The third-order valence-corrected chi connectivity index (χ3v) is 3.48. The van der Waals surface area contributed by atoms with Crippen molar-refractivity contribution in [3.63, 3.8) is 0 Å². The molecule has 1 rings (SSSR count). The molecule has 1 aromatic heterocycles. The minimum atomic E-state index is -3.73. The van der Waals surface area contributed by atoms with Crippen molar-refractivity contribution in [1.29, 1.82) is 0 Å². The molecule has 17 heavy (non-hydrogen) atoms. The second-order valence-electron chi connectivity index (χ2n) is 4.18. The maximum absolute atomic E-state index is 11.2. The van der Waals surface area contributed by atoms with Crippen LogP contribution in [0.15, 0.2) is 24.5 Å². The van der Waals surface area contributed by atoms with E-state index in [1.54, 1.807) is 12.1 Å². The molecule has 1 aromatic rings. The summed E-state index contributed by atoms with van der Waals surface area (Å²) in [5.41, 5.74) is -0.887. The highest BCUT2D eigenvalue weighted by Gasteiger charge is 2.33. The van der Waals surface area contributed by atoms with E-state index >= 15 is 0 Å². The first-order chi connectivity index (χ1) is 7.87. The van der Waals surface area contributed by atoms with Gasteiger partial charge in [-0.2, -0.15) is 0 Å². The summed E-state index contributed by atoms with van der Waals surface area (Å²) in [6, 6.07) is 3.22. The number of primary sulfonamides is 1. The van der Waals surface area contributed by atoms with E-state index in [2.05, 4.69) is 4.98 Å². The molecule has 1 heterocycles. The molecule has 0 aliphatic heterocycles. The number of hydrogen-bond acceptors (Lipinski definition) is 4. The zero-order valence-corrected chi connectivity index (χ0v) is 10.7. The number of unbranched alkanes of at least 4 members (excludes halogenated alkanes) is 1. The van der Waals surface area contributed by atoms with Gasteiger partial charge in [-0.1, -0.05) is 19.8 Å². The van der Waals surface area contributed by atoms with Crippen LogP contribution in [0.2, 0.25) is 0 Å². The molecule has 0 radical (unpaired) electrons. The van der Waals surface area contributed by atoms with Crippen LogP contribution in [0, 0.1) is 0 Å². The summed E-state index contributed by atoms with van der Waals surface area (Å²) < 4.78 is 22.4. The first kappa shape index (κ1) is 14.1. The van der Waals surface area contributed by atoms with E-state index in [0.29, 0.717) is 12.0 Å². The average molecular weight is 258 g/mol. The van der Waals surface area contributed by atoms with E-state index < -0.39 is 21.4 Å². The summed E-state index contributed by atoms with van der Waals surface area (Å²) in [7, 11) is -3.73. The van der Waals surface area contributed by atoms with Gasteiger partial charge in [0.15, 0.2) is 0 Å². The molecule has 0 aliphatic rings. The highest BCUT2D eigenvalue weighted by atomic mass is 32.2. The van der Waals surface area contributed by atoms with Gasteiger partial charge < -0.3 is 5.11 Å². The summed E-state index contributed by atoms with van der Waals surface area (Å²) in [5.74, 6) is -0.468. The summed E-state index contributed by atoms with van der Waals surface area (Å²) in [5, 5.41) is 15.5. The Labute approximate surface area is 102 Å². The Kier molecular flexibility index (Phi) is 4.62. The number of aromatic nitrogens is 1. The molecule has 0 amide bonds. The Balaban J connectivity index is 3.02. The minimum absolute atomic E-state index is 0.365. The summed E-state index contributed by atoms with van der Waals surface area (Å²) in [4.78, 5) is 3.84. The second-order valence-corrected chi connectivity index (χ2v) is 5.79. The standard InChI is InChI=1S/C11H18N2O3S/c1-2-3-6-11(14,9-17(12,15)16)10-4-7-13-8-5-10/h4-5,7-8,14H,2-3,6,9H2,1H3,(H2,12,15,16). The summed E-state index contributed by atoms with van der Waals surface area (Å²) in [6.45, 7) is 1.98. The Morgan fingerprint density at radius 3 is 2.47 bits per heavy atom. The van der Waals surface area contributed by atoms with Crippen molar-refractivity contribution < 1.29 is 13.5 Å². The number of nitrogens with two attached hydrogens (primary N) is 1. The van der Waals surface area contributed by atoms with Crippen LogP contribution in [0.4, 0.5) is 0 Å². The molecule has 6 heteroatoms. The first-order valence-electron chi connectivity index (χ1n) is 5.51. The van der Waals surface area contributed by atoms with Crippen LogP contribution in [-0.2, 0) is 15.6 Å². The minimum Gasteiger partial charge on any atom is -0.384 e. The van der Waals surface area contributed by atoms with Gasteiger partial charge in [0.2, 0.25) is 10.0 Å². The van der Waals surface area contributed by atoms with E-state index in [9.17, 15) is 13.5 Å². The van der Waals surface area contributed by atoms with Crippen molar-refractivity contribution in [1.82, 2.24) is 4.98 Å². The topological polar surface area (TPSA) is 93.3 Å². The number of sulfonamides is 1. The number of hydrogen-bond donors (Lipinski definition) is 2. The molecule has 1 unspecified atom stereocenters. The van der Waals surface area contributed by atoms with Gasteiger partial charge >= 0.3 is 0 Å². The number of aliphatic hydroxyl groups is 1. The van der Waals surface area contributed by atoms with Crippen molar-refractivity contribution in [2.45, 2.75) is 31.8 Å². The van der Waals surface area contributed by atoms with Gasteiger partial charge in [-0.05, 0) is 24.1 Å². The van der Waals surface area contributed by atoms with Crippen LogP contribution in [0.1, 0.15) is 31.7 Å². The monoisotopic (exact) mass is 258 g/mol. The molecular formula is C11H18N2O3S.